The summed E-state index contributed by atoms with van der Waals surface area (Å²) in [4.78, 5) is 12.7. The molecule has 1 heterocycles. The number of ether oxygens (including phenoxy) is 2. The van der Waals surface area contributed by atoms with Gasteiger partial charge in [0.15, 0.2) is 5.43 Å². The maximum Gasteiger partial charge on any atom is 0.200 e. The number of fused-ring (bicyclic) bond motifs is 1. The number of rotatable bonds is 7. The predicted octanol–water partition coefficient (Wildman–Crippen LogP) is 5.02. The van der Waals surface area contributed by atoms with E-state index in [2.05, 4.69) is 15.9 Å². The topological polar surface area (TPSA) is 48.7 Å². The molecule has 3 aromatic rings. The van der Waals surface area contributed by atoms with Crippen LogP contribution in [0.5, 0.6) is 11.5 Å². The summed E-state index contributed by atoms with van der Waals surface area (Å²) in [5, 5.41) is 1.52. The van der Waals surface area contributed by atoms with Crippen molar-refractivity contribution >= 4 is 26.9 Å². The molecule has 0 saturated heterocycles. The van der Waals surface area contributed by atoms with Crippen LogP contribution in [-0.2, 0) is 0 Å². The third kappa shape index (κ3) is 4.04. The van der Waals surface area contributed by atoms with E-state index >= 15 is 0 Å². The van der Waals surface area contributed by atoms with Crippen LogP contribution in [-0.4, -0.2) is 19.0 Å². The molecule has 0 aliphatic rings. The molecular formula is C20H19BrO4. The van der Waals surface area contributed by atoms with Crippen molar-refractivity contribution in [3.63, 3.8) is 0 Å². The van der Waals surface area contributed by atoms with Gasteiger partial charge in [-0.2, -0.15) is 0 Å². The van der Waals surface area contributed by atoms with E-state index in [-0.39, 0.29) is 5.43 Å². The number of alkyl halides is 1. The Morgan fingerprint density at radius 3 is 2.52 bits per heavy atom. The van der Waals surface area contributed by atoms with Gasteiger partial charge in [-0.3, -0.25) is 4.79 Å². The third-order valence-corrected chi connectivity index (χ3v) is 4.50. The normalized spacial score (nSPS) is 10.8. The van der Waals surface area contributed by atoms with Crippen LogP contribution < -0.4 is 14.9 Å². The van der Waals surface area contributed by atoms with Crippen molar-refractivity contribution in [1.29, 1.82) is 0 Å². The molecular weight excluding hydrogens is 384 g/mol. The van der Waals surface area contributed by atoms with E-state index in [1.165, 1.54) is 6.26 Å². The molecule has 4 nitrogen and oxygen atoms in total. The molecule has 0 N–H and O–H groups in total. The van der Waals surface area contributed by atoms with Gasteiger partial charge in [0.2, 0.25) is 0 Å². The van der Waals surface area contributed by atoms with Crippen molar-refractivity contribution in [2.75, 3.05) is 19.0 Å². The summed E-state index contributed by atoms with van der Waals surface area (Å²) in [6, 6.07) is 12.7. The lowest BCUT2D eigenvalue weighted by Gasteiger charge is -2.07. The molecule has 0 radical (unpaired) electrons. The Bertz CT molecular complexity index is 900. The van der Waals surface area contributed by atoms with Crippen LogP contribution in [0.2, 0.25) is 0 Å². The smallest absolute Gasteiger partial charge is 0.200 e. The third-order valence-electron chi connectivity index (χ3n) is 3.94. The second kappa shape index (κ2) is 8.21. The highest BCUT2D eigenvalue weighted by Crippen LogP contribution is 2.24. The Kier molecular flexibility index (Phi) is 5.76. The summed E-state index contributed by atoms with van der Waals surface area (Å²) in [5.41, 5.74) is 1.79. The highest BCUT2D eigenvalue weighted by atomic mass is 79.9. The Morgan fingerprint density at radius 2 is 1.80 bits per heavy atom. The number of unbranched alkanes of at least 4 members (excludes halogenated alkanes) is 1. The highest BCUT2D eigenvalue weighted by Gasteiger charge is 2.10. The van der Waals surface area contributed by atoms with E-state index in [1.807, 2.05) is 24.3 Å². The molecule has 0 atom stereocenters. The average Bonchev–Trinajstić information content (AvgIpc) is 2.66. The summed E-state index contributed by atoms with van der Waals surface area (Å²) in [5.74, 6) is 1.46. The van der Waals surface area contributed by atoms with Crippen molar-refractivity contribution in [2.24, 2.45) is 0 Å². The first kappa shape index (κ1) is 17.5. The molecule has 3 rings (SSSR count). The highest BCUT2D eigenvalue weighted by molar-refractivity contribution is 9.09. The van der Waals surface area contributed by atoms with Gasteiger partial charge >= 0.3 is 0 Å². The van der Waals surface area contributed by atoms with Gasteiger partial charge in [-0.25, -0.2) is 0 Å². The van der Waals surface area contributed by atoms with E-state index < -0.39 is 0 Å². The molecule has 2 aromatic carbocycles. The summed E-state index contributed by atoms with van der Waals surface area (Å²) in [6.45, 7) is 0.685. The van der Waals surface area contributed by atoms with Crippen LogP contribution in [0.3, 0.4) is 0 Å². The van der Waals surface area contributed by atoms with Crippen molar-refractivity contribution in [3.05, 3.63) is 59.0 Å². The number of benzene rings is 2. The summed E-state index contributed by atoms with van der Waals surface area (Å²) < 4.78 is 16.5. The predicted molar refractivity (Wildman–Crippen MR) is 103 cm³/mol. The van der Waals surface area contributed by atoms with Gasteiger partial charge in [0.1, 0.15) is 23.3 Å². The number of halogens is 1. The average molecular weight is 403 g/mol. The standard InChI is InChI=1S/C20H19BrO4/c1-23-16-8-9-17-19(12-16)25-13-18(20(17)22)14-4-6-15(7-5-14)24-11-3-2-10-21/h4-9,12-13H,2-3,10-11H2,1H3. The van der Waals surface area contributed by atoms with Gasteiger partial charge in [0, 0.05) is 11.4 Å². The maximum atomic E-state index is 12.7. The zero-order chi connectivity index (χ0) is 17.6. The van der Waals surface area contributed by atoms with Crippen molar-refractivity contribution in [2.45, 2.75) is 12.8 Å². The van der Waals surface area contributed by atoms with Gasteiger partial charge in [0.25, 0.3) is 0 Å². The van der Waals surface area contributed by atoms with Gasteiger partial charge in [-0.05, 0) is 42.7 Å². The van der Waals surface area contributed by atoms with Gasteiger partial charge in [-0.15, -0.1) is 0 Å². The molecule has 5 heteroatoms. The van der Waals surface area contributed by atoms with Crippen LogP contribution in [0.1, 0.15) is 12.8 Å². The Balaban J connectivity index is 1.84. The first-order valence-electron chi connectivity index (χ1n) is 8.11. The van der Waals surface area contributed by atoms with Crippen LogP contribution in [0.15, 0.2) is 57.9 Å². The lowest BCUT2D eigenvalue weighted by molar-refractivity contribution is 0.310. The number of hydrogen-bond donors (Lipinski definition) is 0. The van der Waals surface area contributed by atoms with Crippen LogP contribution in [0.25, 0.3) is 22.1 Å². The molecule has 0 aliphatic carbocycles. The summed E-state index contributed by atoms with van der Waals surface area (Å²) in [6.07, 6.45) is 3.59. The Labute approximate surface area is 154 Å². The Hall–Kier alpha value is -2.27. The zero-order valence-corrected chi connectivity index (χ0v) is 15.5. The van der Waals surface area contributed by atoms with Crippen molar-refractivity contribution in [3.8, 4) is 22.6 Å². The minimum Gasteiger partial charge on any atom is -0.497 e. The molecule has 0 bridgehead atoms. The lowest BCUT2D eigenvalue weighted by Crippen LogP contribution is -2.05. The Morgan fingerprint density at radius 1 is 1.04 bits per heavy atom. The van der Waals surface area contributed by atoms with Crippen molar-refractivity contribution in [1.82, 2.24) is 0 Å². The fourth-order valence-corrected chi connectivity index (χ4v) is 2.95. The zero-order valence-electron chi connectivity index (χ0n) is 14.0. The molecule has 0 spiro atoms. The number of methoxy groups -OCH3 is 1. The first-order valence-corrected chi connectivity index (χ1v) is 9.24. The molecule has 25 heavy (non-hydrogen) atoms. The van der Waals surface area contributed by atoms with Crippen LogP contribution in [0, 0.1) is 0 Å². The van der Waals surface area contributed by atoms with E-state index in [0.717, 1.165) is 29.5 Å². The summed E-state index contributed by atoms with van der Waals surface area (Å²) >= 11 is 3.40. The van der Waals surface area contributed by atoms with E-state index in [4.69, 9.17) is 13.9 Å². The van der Waals surface area contributed by atoms with Crippen LogP contribution in [0.4, 0.5) is 0 Å². The molecule has 0 fully saturated rings. The minimum absolute atomic E-state index is 0.0603. The molecule has 0 unspecified atom stereocenters. The summed E-state index contributed by atoms with van der Waals surface area (Å²) in [7, 11) is 1.58. The molecule has 0 amide bonds. The SMILES string of the molecule is COc1ccc2c(=O)c(-c3ccc(OCCCCBr)cc3)coc2c1. The monoisotopic (exact) mass is 402 g/mol. The lowest BCUT2D eigenvalue weighted by atomic mass is 10.1. The molecule has 130 valence electrons. The molecule has 0 saturated carbocycles. The quantitative estimate of drug-likeness (QED) is 0.411. The largest absolute Gasteiger partial charge is 0.497 e. The van der Waals surface area contributed by atoms with Gasteiger partial charge in [-0.1, -0.05) is 28.1 Å². The second-order valence-corrected chi connectivity index (χ2v) is 6.40. The van der Waals surface area contributed by atoms with E-state index in [1.54, 1.807) is 25.3 Å². The fourth-order valence-electron chi connectivity index (χ4n) is 2.55. The fraction of sp³-hybridized carbons (Fsp3) is 0.250. The maximum absolute atomic E-state index is 12.7. The van der Waals surface area contributed by atoms with E-state index in [9.17, 15) is 4.79 Å². The van der Waals surface area contributed by atoms with E-state index in [0.29, 0.717) is 28.9 Å². The second-order valence-electron chi connectivity index (χ2n) is 5.61. The molecule has 0 aliphatic heterocycles. The minimum atomic E-state index is -0.0603. The van der Waals surface area contributed by atoms with Gasteiger partial charge in [0.05, 0.1) is 24.7 Å². The van der Waals surface area contributed by atoms with Crippen LogP contribution >= 0.6 is 15.9 Å². The van der Waals surface area contributed by atoms with Gasteiger partial charge < -0.3 is 13.9 Å². The number of hydrogen-bond acceptors (Lipinski definition) is 4. The first-order chi connectivity index (χ1) is 12.2. The molecule has 1 aromatic heterocycles. The van der Waals surface area contributed by atoms with Crippen molar-refractivity contribution < 1.29 is 13.9 Å².